The molecular formula is C10H15N5Na2O4. The first-order valence-corrected chi connectivity index (χ1v) is 5.69. The van der Waals surface area contributed by atoms with Gasteiger partial charge in [0.1, 0.15) is 30.2 Å². The number of aliphatic hydroxyl groups excluding tert-OH is 3. The van der Waals surface area contributed by atoms with Gasteiger partial charge in [-0.1, -0.05) is 0 Å². The quantitative estimate of drug-likeness (QED) is 0.423. The molecule has 11 heteroatoms. The van der Waals surface area contributed by atoms with Crippen molar-refractivity contribution in [2.75, 3.05) is 12.3 Å². The Morgan fingerprint density at radius 3 is 2.52 bits per heavy atom. The Kier molecular flexibility index (Phi) is 7.00. The van der Waals surface area contributed by atoms with Gasteiger partial charge < -0.3 is 25.8 Å². The molecule has 106 valence electrons. The molecule has 0 saturated carbocycles. The van der Waals surface area contributed by atoms with Crippen LogP contribution in [-0.4, -0.2) is 119 Å². The fraction of sp³-hybridized carbons (Fsp3) is 0.500. The van der Waals surface area contributed by atoms with Crippen molar-refractivity contribution in [3.8, 4) is 0 Å². The normalized spacial score (nSPS) is 28.1. The molecule has 1 aliphatic rings. The standard InChI is InChI=1S/C10H13N5O4.2Na.2H/c11-8-5-9(13-2-12-8)15(3-14-5)10-7(18)6(17)4(1-16)19-10;;;;/h2-4,6-7,10,16-18H,1H2,(H2,11,12,13);;;;/t4-,6?,7?,10-;;;;/m1..../s1. The SMILES string of the molecule is Nc1ncnc2c1ncn2[C@@H]1O[C@H](CO)C(O)C1O.[NaH].[NaH]. The molecule has 3 rings (SSSR count). The Morgan fingerprint density at radius 2 is 1.90 bits per heavy atom. The van der Waals surface area contributed by atoms with E-state index in [1.165, 1.54) is 17.2 Å². The molecule has 21 heavy (non-hydrogen) atoms. The summed E-state index contributed by atoms with van der Waals surface area (Å²) in [4.78, 5) is 11.9. The third-order valence-corrected chi connectivity index (χ3v) is 3.18. The van der Waals surface area contributed by atoms with Gasteiger partial charge in [-0.05, 0) is 0 Å². The number of nitrogen functional groups attached to an aromatic ring is 1. The Labute approximate surface area is 164 Å². The summed E-state index contributed by atoms with van der Waals surface area (Å²) in [6.07, 6.45) is -1.42. The monoisotopic (exact) mass is 315 g/mol. The molecule has 4 atom stereocenters. The van der Waals surface area contributed by atoms with E-state index < -0.39 is 31.1 Å². The van der Waals surface area contributed by atoms with E-state index in [1.54, 1.807) is 0 Å². The van der Waals surface area contributed by atoms with Crippen LogP contribution in [0.5, 0.6) is 0 Å². The molecule has 0 amide bonds. The molecule has 0 aromatic carbocycles. The van der Waals surface area contributed by atoms with E-state index >= 15 is 0 Å². The summed E-state index contributed by atoms with van der Waals surface area (Å²) in [5, 5.41) is 28.7. The first-order chi connectivity index (χ1) is 9.13. The third-order valence-electron chi connectivity index (χ3n) is 3.18. The fourth-order valence-electron chi connectivity index (χ4n) is 2.17. The van der Waals surface area contributed by atoms with Crippen LogP contribution >= 0.6 is 0 Å². The molecule has 5 N–H and O–H groups in total. The number of ether oxygens (including phenoxy) is 1. The average Bonchev–Trinajstić information content (AvgIpc) is 2.94. The van der Waals surface area contributed by atoms with E-state index in [-0.39, 0.29) is 64.9 Å². The molecule has 1 saturated heterocycles. The summed E-state index contributed by atoms with van der Waals surface area (Å²) >= 11 is 0. The van der Waals surface area contributed by atoms with Crippen LogP contribution in [0.15, 0.2) is 12.7 Å². The van der Waals surface area contributed by atoms with Gasteiger partial charge in [-0.3, -0.25) is 4.57 Å². The molecule has 0 aliphatic carbocycles. The Bertz CT molecular complexity index is 612. The molecule has 9 nitrogen and oxygen atoms in total. The van der Waals surface area contributed by atoms with Gasteiger partial charge in [-0.25, -0.2) is 15.0 Å². The zero-order chi connectivity index (χ0) is 13.6. The van der Waals surface area contributed by atoms with Crippen molar-refractivity contribution >= 4 is 76.1 Å². The van der Waals surface area contributed by atoms with E-state index in [0.29, 0.717) is 11.2 Å². The van der Waals surface area contributed by atoms with Crippen molar-refractivity contribution in [3.63, 3.8) is 0 Å². The summed E-state index contributed by atoms with van der Waals surface area (Å²) in [5.41, 5.74) is 6.44. The molecule has 2 aromatic rings. The molecule has 0 spiro atoms. The van der Waals surface area contributed by atoms with Gasteiger partial charge in [0.05, 0.1) is 12.9 Å². The van der Waals surface area contributed by atoms with Gasteiger partial charge in [-0.2, -0.15) is 0 Å². The van der Waals surface area contributed by atoms with Gasteiger partial charge in [0, 0.05) is 0 Å². The Balaban J connectivity index is 0.00000110. The number of rotatable bonds is 2. The maximum absolute atomic E-state index is 9.95. The number of hydrogen-bond donors (Lipinski definition) is 4. The number of anilines is 1. The fourth-order valence-corrected chi connectivity index (χ4v) is 2.17. The van der Waals surface area contributed by atoms with E-state index in [1.807, 2.05) is 0 Å². The van der Waals surface area contributed by atoms with E-state index in [2.05, 4.69) is 15.0 Å². The van der Waals surface area contributed by atoms with Crippen LogP contribution in [0.1, 0.15) is 6.23 Å². The van der Waals surface area contributed by atoms with E-state index in [0.717, 1.165) is 0 Å². The van der Waals surface area contributed by atoms with Gasteiger partial charge in [0.25, 0.3) is 0 Å². The summed E-state index contributed by atoms with van der Waals surface area (Å²) in [6, 6.07) is 0. The van der Waals surface area contributed by atoms with Crippen molar-refractivity contribution in [1.29, 1.82) is 0 Å². The van der Waals surface area contributed by atoms with Crippen LogP contribution in [0.4, 0.5) is 5.82 Å². The molecule has 0 radical (unpaired) electrons. The zero-order valence-electron chi connectivity index (χ0n) is 9.79. The minimum atomic E-state index is -1.19. The molecule has 0 bridgehead atoms. The van der Waals surface area contributed by atoms with Crippen LogP contribution in [0.25, 0.3) is 11.2 Å². The van der Waals surface area contributed by atoms with Crippen molar-refractivity contribution in [1.82, 2.24) is 19.5 Å². The van der Waals surface area contributed by atoms with Crippen LogP contribution in [0.2, 0.25) is 0 Å². The van der Waals surface area contributed by atoms with Gasteiger partial charge in [0.2, 0.25) is 0 Å². The third kappa shape index (κ3) is 3.27. The number of imidazole rings is 1. The van der Waals surface area contributed by atoms with Gasteiger partial charge in [0.15, 0.2) is 17.7 Å². The first kappa shape index (κ1) is 19.2. The number of aromatic nitrogens is 4. The number of nitrogens with zero attached hydrogens (tertiary/aromatic N) is 4. The van der Waals surface area contributed by atoms with Crippen molar-refractivity contribution in [2.45, 2.75) is 24.5 Å². The van der Waals surface area contributed by atoms with E-state index in [9.17, 15) is 10.2 Å². The predicted octanol–water partition coefficient (Wildman–Crippen LogP) is -3.28. The molecular weight excluding hydrogens is 300 g/mol. The summed E-state index contributed by atoms with van der Waals surface area (Å²) < 4.78 is 6.85. The van der Waals surface area contributed by atoms with Crippen molar-refractivity contribution in [2.24, 2.45) is 0 Å². The van der Waals surface area contributed by atoms with Crippen molar-refractivity contribution < 1.29 is 20.1 Å². The molecule has 2 unspecified atom stereocenters. The molecule has 1 fully saturated rings. The summed E-state index contributed by atoms with van der Waals surface area (Å²) in [6.45, 7) is -0.390. The maximum atomic E-state index is 9.95. The Morgan fingerprint density at radius 1 is 1.19 bits per heavy atom. The second kappa shape index (κ2) is 7.64. The average molecular weight is 315 g/mol. The predicted molar refractivity (Wildman–Crippen MR) is 77.0 cm³/mol. The Hall–Kier alpha value is 0.190. The molecule has 3 heterocycles. The topological polar surface area (TPSA) is 140 Å². The zero-order valence-corrected chi connectivity index (χ0v) is 9.79. The first-order valence-electron chi connectivity index (χ1n) is 5.69. The van der Waals surface area contributed by atoms with Crippen molar-refractivity contribution in [3.05, 3.63) is 12.7 Å². The van der Waals surface area contributed by atoms with Crippen LogP contribution < -0.4 is 5.73 Å². The number of fused-ring (bicyclic) bond motifs is 1. The van der Waals surface area contributed by atoms with Crippen LogP contribution in [-0.2, 0) is 4.74 Å². The second-order valence-electron chi connectivity index (χ2n) is 4.31. The van der Waals surface area contributed by atoms with E-state index in [4.69, 9.17) is 15.6 Å². The van der Waals surface area contributed by atoms with Crippen LogP contribution in [0, 0.1) is 0 Å². The summed E-state index contributed by atoms with van der Waals surface area (Å²) in [5.74, 6) is 0.218. The van der Waals surface area contributed by atoms with Gasteiger partial charge >= 0.3 is 59.1 Å². The summed E-state index contributed by atoms with van der Waals surface area (Å²) in [7, 11) is 0. The second-order valence-corrected chi connectivity index (χ2v) is 4.31. The van der Waals surface area contributed by atoms with Crippen LogP contribution in [0.3, 0.4) is 0 Å². The molecule has 2 aromatic heterocycles. The number of aliphatic hydroxyl groups is 3. The number of hydrogen-bond acceptors (Lipinski definition) is 8. The minimum absolute atomic E-state index is 0. The van der Waals surface area contributed by atoms with Gasteiger partial charge in [-0.15, -0.1) is 0 Å². The molecule has 1 aliphatic heterocycles. The number of nitrogens with two attached hydrogens (primary N) is 1.